The number of hydrogen-bond acceptors (Lipinski definition) is 2. The van der Waals surface area contributed by atoms with E-state index in [1.807, 2.05) is 42.5 Å². The Bertz CT molecular complexity index is 935. The average Bonchev–Trinajstić information content (AvgIpc) is 3.07. The molecule has 0 N–H and O–H groups in total. The van der Waals surface area contributed by atoms with E-state index in [0.29, 0.717) is 0 Å². The molecular formula is C21H16O2. The van der Waals surface area contributed by atoms with Crippen molar-refractivity contribution in [2.75, 3.05) is 7.11 Å². The van der Waals surface area contributed by atoms with Crippen LogP contribution in [0.4, 0.5) is 0 Å². The second-order valence-electron chi connectivity index (χ2n) is 5.42. The molecule has 0 aliphatic carbocycles. The lowest BCUT2D eigenvalue weighted by molar-refractivity contribution is 0.415. The topological polar surface area (TPSA) is 22.4 Å². The molecule has 2 nitrogen and oxygen atoms in total. The SMILES string of the molecule is COc1ccc(-c2cccc3oc(-c4ccccc4)cc23)cc1. The number of methoxy groups -OCH3 is 1. The molecular weight excluding hydrogens is 284 g/mol. The second-order valence-corrected chi connectivity index (χ2v) is 5.42. The van der Waals surface area contributed by atoms with Crippen LogP contribution >= 0.6 is 0 Å². The molecule has 0 saturated carbocycles. The minimum absolute atomic E-state index is 0.859. The van der Waals surface area contributed by atoms with Crippen molar-refractivity contribution in [3.05, 3.63) is 78.9 Å². The van der Waals surface area contributed by atoms with Crippen molar-refractivity contribution < 1.29 is 9.15 Å². The van der Waals surface area contributed by atoms with Crippen LogP contribution in [0.1, 0.15) is 0 Å². The van der Waals surface area contributed by atoms with Crippen LogP contribution < -0.4 is 4.74 Å². The molecule has 0 fully saturated rings. The van der Waals surface area contributed by atoms with Gasteiger partial charge in [-0.05, 0) is 35.4 Å². The van der Waals surface area contributed by atoms with Gasteiger partial charge in [-0.3, -0.25) is 0 Å². The molecule has 2 heteroatoms. The first kappa shape index (κ1) is 13.6. The summed E-state index contributed by atoms with van der Waals surface area (Å²) in [5.41, 5.74) is 4.30. The first-order valence-electron chi connectivity index (χ1n) is 7.57. The number of fused-ring (bicyclic) bond motifs is 1. The largest absolute Gasteiger partial charge is 0.497 e. The van der Waals surface area contributed by atoms with Crippen LogP contribution in [0.2, 0.25) is 0 Å². The zero-order valence-electron chi connectivity index (χ0n) is 12.8. The van der Waals surface area contributed by atoms with E-state index in [-0.39, 0.29) is 0 Å². The number of furan rings is 1. The third kappa shape index (κ3) is 2.49. The van der Waals surface area contributed by atoms with Crippen LogP contribution in [0, 0.1) is 0 Å². The maximum Gasteiger partial charge on any atom is 0.135 e. The maximum absolute atomic E-state index is 6.04. The summed E-state index contributed by atoms with van der Waals surface area (Å²) in [6.45, 7) is 0. The van der Waals surface area contributed by atoms with Gasteiger partial charge in [0.25, 0.3) is 0 Å². The summed E-state index contributed by atoms with van der Waals surface area (Å²) < 4.78 is 11.3. The van der Waals surface area contributed by atoms with Gasteiger partial charge in [-0.15, -0.1) is 0 Å². The molecule has 4 aromatic rings. The Labute approximate surface area is 135 Å². The van der Waals surface area contributed by atoms with Crippen molar-refractivity contribution in [3.8, 4) is 28.2 Å². The molecule has 3 aromatic carbocycles. The van der Waals surface area contributed by atoms with E-state index in [4.69, 9.17) is 9.15 Å². The van der Waals surface area contributed by atoms with Crippen molar-refractivity contribution in [2.24, 2.45) is 0 Å². The van der Waals surface area contributed by atoms with E-state index in [1.165, 1.54) is 0 Å². The van der Waals surface area contributed by atoms with Gasteiger partial charge in [0.15, 0.2) is 0 Å². The molecule has 0 aliphatic heterocycles. The van der Waals surface area contributed by atoms with Crippen LogP contribution in [0.3, 0.4) is 0 Å². The number of rotatable bonds is 3. The Kier molecular flexibility index (Phi) is 3.35. The molecule has 112 valence electrons. The van der Waals surface area contributed by atoms with Crippen LogP contribution in [0.5, 0.6) is 5.75 Å². The van der Waals surface area contributed by atoms with Gasteiger partial charge in [0.1, 0.15) is 17.1 Å². The minimum atomic E-state index is 0.859. The van der Waals surface area contributed by atoms with Crippen molar-refractivity contribution >= 4 is 11.0 Å². The van der Waals surface area contributed by atoms with Gasteiger partial charge in [0, 0.05) is 10.9 Å². The highest BCUT2D eigenvalue weighted by atomic mass is 16.5. The standard InChI is InChI=1S/C21H16O2/c1-22-17-12-10-15(11-13-17)18-8-5-9-20-19(18)14-21(23-20)16-6-3-2-4-7-16/h2-14H,1H3. The monoisotopic (exact) mass is 300 g/mol. The molecule has 0 amide bonds. The quantitative estimate of drug-likeness (QED) is 0.479. The molecule has 1 aromatic heterocycles. The molecule has 0 aliphatic rings. The van der Waals surface area contributed by atoms with Gasteiger partial charge in [0.05, 0.1) is 7.11 Å². The lowest BCUT2D eigenvalue weighted by atomic mass is 10.0. The zero-order chi connectivity index (χ0) is 15.6. The third-order valence-electron chi connectivity index (χ3n) is 4.02. The molecule has 0 spiro atoms. The molecule has 1 heterocycles. The first-order chi connectivity index (χ1) is 11.3. The lowest BCUT2D eigenvalue weighted by Crippen LogP contribution is -1.83. The molecule has 0 unspecified atom stereocenters. The summed E-state index contributed by atoms with van der Waals surface area (Å²) in [6, 6.07) is 26.5. The second kappa shape index (κ2) is 5.65. The average molecular weight is 300 g/mol. The highest BCUT2D eigenvalue weighted by molar-refractivity contribution is 5.96. The molecule has 4 rings (SSSR count). The Balaban J connectivity index is 1.85. The maximum atomic E-state index is 6.04. The fourth-order valence-electron chi connectivity index (χ4n) is 2.83. The molecule has 0 saturated heterocycles. The Hall–Kier alpha value is -3.00. The van der Waals surface area contributed by atoms with Gasteiger partial charge in [-0.1, -0.05) is 54.6 Å². The first-order valence-corrected chi connectivity index (χ1v) is 7.57. The minimum Gasteiger partial charge on any atom is -0.497 e. The van der Waals surface area contributed by atoms with E-state index in [0.717, 1.165) is 39.2 Å². The predicted octanol–water partition coefficient (Wildman–Crippen LogP) is 5.78. The Morgan fingerprint density at radius 3 is 2.26 bits per heavy atom. The summed E-state index contributed by atoms with van der Waals surface area (Å²) in [6.07, 6.45) is 0. The van der Waals surface area contributed by atoms with Gasteiger partial charge in [0.2, 0.25) is 0 Å². The summed E-state index contributed by atoms with van der Waals surface area (Å²) in [4.78, 5) is 0. The van der Waals surface area contributed by atoms with E-state index in [2.05, 4.69) is 36.4 Å². The zero-order valence-corrected chi connectivity index (χ0v) is 12.8. The van der Waals surface area contributed by atoms with Crippen molar-refractivity contribution in [1.82, 2.24) is 0 Å². The van der Waals surface area contributed by atoms with Crippen LogP contribution in [-0.2, 0) is 0 Å². The van der Waals surface area contributed by atoms with Crippen LogP contribution in [0.15, 0.2) is 83.3 Å². The number of benzene rings is 3. The van der Waals surface area contributed by atoms with Crippen molar-refractivity contribution in [1.29, 1.82) is 0 Å². The highest BCUT2D eigenvalue weighted by Gasteiger charge is 2.10. The fourth-order valence-corrected chi connectivity index (χ4v) is 2.83. The summed E-state index contributed by atoms with van der Waals surface area (Å²) >= 11 is 0. The van der Waals surface area contributed by atoms with Crippen LogP contribution in [0.25, 0.3) is 33.4 Å². The fraction of sp³-hybridized carbons (Fsp3) is 0.0476. The summed E-state index contributed by atoms with van der Waals surface area (Å²) in [7, 11) is 1.68. The lowest BCUT2D eigenvalue weighted by Gasteiger charge is -2.04. The summed E-state index contributed by atoms with van der Waals surface area (Å²) in [5.74, 6) is 1.75. The predicted molar refractivity (Wildman–Crippen MR) is 93.6 cm³/mol. The smallest absolute Gasteiger partial charge is 0.135 e. The normalized spacial score (nSPS) is 10.8. The van der Waals surface area contributed by atoms with Gasteiger partial charge < -0.3 is 9.15 Å². The van der Waals surface area contributed by atoms with E-state index in [1.54, 1.807) is 7.11 Å². The van der Waals surface area contributed by atoms with Crippen molar-refractivity contribution in [3.63, 3.8) is 0 Å². The van der Waals surface area contributed by atoms with E-state index < -0.39 is 0 Å². The number of ether oxygens (including phenoxy) is 1. The Morgan fingerprint density at radius 2 is 1.52 bits per heavy atom. The van der Waals surface area contributed by atoms with Gasteiger partial charge in [-0.2, -0.15) is 0 Å². The van der Waals surface area contributed by atoms with Crippen LogP contribution in [-0.4, -0.2) is 7.11 Å². The summed E-state index contributed by atoms with van der Waals surface area (Å²) in [5, 5.41) is 1.12. The molecule has 0 radical (unpaired) electrons. The van der Waals surface area contributed by atoms with E-state index >= 15 is 0 Å². The van der Waals surface area contributed by atoms with E-state index in [9.17, 15) is 0 Å². The van der Waals surface area contributed by atoms with Gasteiger partial charge >= 0.3 is 0 Å². The molecule has 0 atom stereocenters. The third-order valence-corrected chi connectivity index (χ3v) is 4.02. The van der Waals surface area contributed by atoms with Crippen molar-refractivity contribution in [2.45, 2.75) is 0 Å². The number of hydrogen-bond donors (Lipinski definition) is 0. The van der Waals surface area contributed by atoms with Gasteiger partial charge in [-0.25, -0.2) is 0 Å². The Morgan fingerprint density at radius 1 is 0.739 bits per heavy atom. The molecule has 23 heavy (non-hydrogen) atoms. The molecule has 0 bridgehead atoms. The highest BCUT2D eigenvalue weighted by Crippen LogP contribution is 2.35.